The van der Waals surface area contributed by atoms with Crippen molar-refractivity contribution in [3.63, 3.8) is 0 Å². The third-order valence-corrected chi connectivity index (χ3v) is 2.82. The van der Waals surface area contributed by atoms with Crippen molar-refractivity contribution >= 4 is 17.1 Å². The highest BCUT2D eigenvalue weighted by Gasteiger charge is 2.09. The summed E-state index contributed by atoms with van der Waals surface area (Å²) >= 11 is 0. The fourth-order valence-corrected chi connectivity index (χ4v) is 1.83. The number of rotatable bonds is 6. The molecule has 2 rings (SSSR count). The van der Waals surface area contributed by atoms with E-state index in [1.54, 1.807) is 12.4 Å². The summed E-state index contributed by atoms with van der Waals surface area (Å²) in [6.45, 7) is 4.96. The molecule has 0 aliphatic rings. The molecule has 1 aromatic carbocycles. The van der Waals surface area contributed by atoms with Crippen LogP contribution in [-0.2, 0) is 6.54 Å². The maximum atomic E-state index is 10.9. The van der Waals surface area contributed by atoms with Crippen molar-refractivity contribution in [3.8, 4) is 0 Å². The lowest BCUT2D eigenvalue weighted by Crippen LogP contribution is -2.04. The van der Waals surface area contributed by atoms with Gasteiger partial charge in [-0.25, -0.2) is 0 Å². The molecule has 1 heterocycles. The topological polar surface area (TPSA) is 93.0 Å². The number of hydrogen-bond acceptors (Lipinski definition) is 6. The van der Waals surface area contributed by atoms with Gasteiger partial charge < -0.3 is 10.6 Å². The molecule has 7 heteroatoms. The highest BCUT2D eigenvalue weighted by molar-refractivity contribution is 5.63. The largest absolute Gasteiger partial charge is 0.385 e. The molecule has 0 spiro atoms. The fraction of sp³-hybridized carbons (Fsp3) is 0.286. The van der Waals surface area contributed by atoms with Gasteiger partial charge in [0.25, 0.3) is 5.69 Å². The molecule has 1 aromatic heterocycles. The van der Waals surface area contributed by atoms with Gasteiger partial charge in [-0.15, -0.1) is 0 Å². The van der Waals surface area contributed by atoms with Crippen LogP contribution in [0.1, 0.15) is 18.3 Å². The van der Waals surface area contributed by atoms with Crippen LogP contribution in [-0.4, -0.2) is 21.4 Å². The summed E-state index contributed by atoms with van der Waals surface area (Å²) in [4.78, 5) is 18.9. The van der Waals surface area contributed by atoms with Crippen LogP contribution in [0.2, 0.25) is 0 Å². The number of benzene rings is 1. The van der Waals surface area contributed by atoms with E-state index in [0.29, 0.717) is 24.5 Å². The van der Waals surface area contributed by atoms with E-state index in [2.05, 4.69) is 20.6 Å². The Morgan fingerprint density at radius 2 is 1.86 bits per heavy atom. The van der Waals surface area contributed by atoms with Crippen molar-refractivity contribution in [2.45, 2.75) is 20.4 Å². The number of hydrogen-bond donors (Lipinski definition) is 2. The predicted octanol–water partition coefficient (Wildman–Crippen LogP) is 2.74. The first-order chi connectivity index (χ1) is 10.1. The van der Waals surface area contributed by atoms with Crippen molar-refractivity contribution in [3.05, 3.63) is 52.1 Å². The second-order valence-corrected chi connectivity index (χ2v) is 4.56. The van der Waals surface area contributed by atoms with Crippen LogP contribution in [0, 0.1) is 17.0 Å². The third-order valence-electron chi connectivity index (χ3n) is 2.82. The highest BCUT2D eigenvalue weighted by Crippen LogP contribution is 2.24. The van der Waals surface area contributed by atoms with Crippen molar-refractivity contribution in [2.75, 3.05) is 17.2 Å². The first kappa shape index (κ1) is 14.7. The van der Waals surface area contributed by atoms with Crippen molar-refractivity contribution in [2.24, 2.45) is 0 Å². The maximum absolute atomic E-state index is 10.9. The van der Waals surface area contributed by atoms with Crippen LogP contribution in [0.4, 0.5) is 17.1 Å². The molecule has 0 aliphatic heterocycles. The fourth-order valence-electron chi connectivity index (χ4n) is 1.83. The summed E-state index contributed by atoms with van der Waals surface area (Å²) in [5.41, 5.74) is 3.05. The lowest BCUT2D eigenvalue weighted by Gasteiger charge is -2.09. The van der Waals surface area contributed by atoms with Gasteiger partial charge in [-0.3, -0.25) is 20.1 Å². The van der Waals surface area contributed by atoms with E-state index in [-0.39, 0.29) is 5.69 Å². The first-order valence-corrected chi connectivity index (χ1v) is 6.63. The van der Waals surface area contributed by atoms with Gasteiger partial charge in [-0.1, -0.05) is 0 Å². The van der Waals surface area contributed by atoms with Crippen molar-refractivity contribution < 1.29 is 4.92 Å². The summed E-state index contributed by atoms with van der Waals surface area (Å²) < 4.78 is 0. The lowest BCUT2D eigenvalue weighted by molar-refractivity contribution is -0.384. The predicted molar refractivity (Wildman–Crippen MR) is 81.4 cm³/mol. The molecule has 0 radical (unpaired) electrons. The van der Waals surface area contributed by atoms with Gasteiger partial charge in [0.1, 0.15) is 0 Å². The monoisotopic (exact) mass is 287 g/mol. The standard InChI is InChI=1S/C14H17N5O2/c1-3-15-11-4-12(6-14(5-11)19(20)21)18-9-13-8-16-10(2)7-17-13/h4-8,15,18H,3,9H2,1-2H3. The zero-order chi connectivity index (χ0) is 15.2. The van der Waals surface area contributed by atoms with E-state index in [0.717, 1.165) is 11.4 Å². The summed E-state index contributed by atoms with van der Waals surface area (Å²) in [6, 6.07) is 4.85. The molecule has 0 saturated heterocycles. The average molecular weight is 287 g/mol. The van der Waals surface area contributed by atoms with E-state index in [1.807, 2.05) is 19.9 Å². The molecule has 7 nitrogen and oxygen atoms in total. The van der Waals surface area contributed by atoms with Gasteiger partial charge in [0, 0.05) is 36.2 Å². The Labute approximate surface area is 122 Å². The minimum atomic E-state index is -0.405. The SMILES string of the molecule is CCNc1cc(NCc2cnc(C)cn2)cc([N+](=O)[O-])c1. The Morgan fingerprint density at radius 1 is 1.14 bits per heavy atom. The minimum Gasteiger partial charge on any atom is -0.385 e. The Morgan fingerprint density at radius 3 is 2.43 bits per heavy atom. The number of nitro groups is 1. The molecule has 110 valence electrons. The zero-order valence-corrected chi connectivity index (χ0v) is 12.0. The van der Waals surface area contributed by atoms with Gasteiger partial charge in [0.2, 0.25) is 0 Å². The summed E-state index contributed by atoms with van der Waals surface area (Å²) in [5, 5.41) is 17.2. The summed E-state index contributed by atoms with van der Waals surface area (Å²) in [7, 11) is 0. The maximum Gasteiger partial charge on any atom is 0.273 e. The van der Waals surface area contributed by atoms with E-state index in [1.165, 1.54) is 12.1 Å². The quantitative estimate of drug-likeness (QED) is 0.627. The first-order valence-electron chi connectivity index (χ1n) is 6.63. The molecule has 2 N–H and O–H groups in total. The number of anilines is 2. The molecule has 0 saturated carbocycles. The van der Waals surface area contributed by atoms with Gasteiger partial charge in [0.05, 0.1) is 29.1 Å². The molecular weight excluding hydrogens is 270 g/mol. The molecule has 0 unspecified atom stereocenters. The normalized spacial score (nSPS) is 10.2. The number of aromatic nitrogens is 2. The summed E-state index contributed by atoms with van der Waals surface area (Å²) in [6.07, 6.45) is 3.37. The van der Waals surface area contributed by atoms with E-state index in [9.17, 15) is 10.1 Å². The Kier molecular flexibility index (Phi) is 4.65. The van der Waals surface area contributed by atoms with Crippen molar-refractivity contribution in [1.82, 2.24) is 9.97 Å². The van der Waals surface area contributed by atoms with Crippen LogP contribution < -0.4 is 10.6 Å². The molecule has 0 atom stereocenters. The van der Waals surface area contributed by atoms with Crippen molar-refractivity contribution in [1.29, 1.82) is 0 Å². The van der Waals surface area contributed by atoms with E-state index >= 15 is 0 Å². The molecule has 0 amide bonds. The van der Waals surface area contributed by atoms with E-state index < -0.39 is 4.92 Å². The minimum absolute atomic E-state index is 0.0472. The molecule has 21 heavy (non-hydrogen) atoms. The smallest absolute Gasteiger partial charge is 0.273 e. The molecular formula is C14H17N5O2. The Bertz CT molecular complexity index is 628. The number of nitro benzene ring substituents is 1. The third kappa shape index (κ3) is 4.13. The Balaban J connectivity index is 2.14. The second-order valence-electron chi connectivity index (χ2n) is 4.56. The number of nitrogens with one attached hydrogen (secondary N) is 2. The van der Waals surface area contributed by atoms with E-state index in [4.69, 9.17) is 0 Å². The Hall–Kier alpha value is -2.70. The molecule has 0 aliphatic carbocycles. The van der Waals surface area contributed by atoms with Gasteiger partial charge in [-0.05, 0) is 19.9 Å². The van der Waals surface area contributed by atoms with Gasteiger partial charge in [0.15, 0.2) is 0 Å². The number of non-ortho nitro benzene ring substituents is 1. The van der Waals surface area contributed by atoms with Gasteiger partial charge >= 0.3 is 0 Å². The lowest BCUT2D eigenvalue weighted by atomic mass is 10.2. The number of nitrogens with zero attached hydrogens (tertiary/aromatic N) is 3. The molecule has 0 fully saturated rings. The molecule has 0 bridgehead atoms. The number of aryl methyl sites for hydroxylation is 1. The molecule has 2 aromatic rings. The second kappa shape index (κ2) is 6.65. The summed E-state index contributed by atoms with van der Waals surface area (Å²) in [5.74, 6) is 0. The van der Waals surface area contributed by atoms with Crippen LogP contribution in [0.15, 0.2) is 30.6 Å². The van der Waals surface area contributed by atoms with Crippen LogP contribution in [0.5, 0.6) is 0 Å². The average Bonchev–Trinajstić information content (AvgIpc) is 2.47. The zero-order valence-electron chi connectivity index (χ0n) is 12.0. The van der Waals surface area contributed by atoms with Crippen LogP contribution in [0.3, 0.4) is 0 Å². The van der Waals surface area contributed by atoms with Crippen LogP contribution >= 0.6 is 0 Å². The highest BCUT2D eigenvalue weighted by atomic mass is 16.6. The van der Waals surface area contributed by atoms with Gasteiger partial charge in [-0.2, -0.15) is 0 Å². The van der Waals surface area contributed by atoms with Crippen LogP contribution in [0.25, 0.3) is 0 Å².